The molecule has 102 valence electrons. The second-order valence-corrected chi connectivity index (χ2v) is 5.53. The maximum Gasteiger partial charge on any atom is 0.407 e. The summed E-state index contributed by atoms with van der Waals surface area (Å²) in [6, 6.07) is 0. The molecule has 0 saturated heterocycles. The van der Waals surface area contributed by atoms with Crippen LogP contribution in [0.3, 0.4) is 0 Å². The SMILES string of the molecule is CC(C)(C)CCOC(=O)NCCCn1ccnc1. The zero-order chi connectivity index (χ0) is 13.4. The highest BCUT2D eigenvalue weighted by Crippen LogP contribution is 2.17. The molecule has 0 unspecified atom stereocenters. The molecule has 0 saturated carbocycles. The fraction of sp³-hybridized carbons (Fsp3) is 0.692. The Bertz CT molecular complexity index is 342. The van der Waals surface area contributed by atoms with Crippen molar-refractivity contribution in [3.8, 4) is 0 Å². The number of hydrogen-bond donors (Lipinski definition) is 1. The molecule has 0 aliphatic rings. The Labute approximate surface area is 109 Å². The van der Waals surface area contributed by atoms with Gasteiger partial charge in [-0.25, -0.2) is 9.78 Å². The number of rotatable bonds is 6. The molecule has 1 amide bonds. The van der Waals surface area contributed by atoms with Gasteiger partial charge in [-0.3, -0.25) is 0 Å². The molecular formula is C13H23N3O2. The van der Waals surface area contributed by atoms with Crippen molar-refractivity contribution in [1.29, 1.82) is 0 Å². The van der Waals surface area contributed by atoms with Gasteiger partial charge in [-0.05, 0) is 18.3 Å². The highest BCUT2D eigenvalue weighted by atomic mass is 16.5. The first-order chi connectivity index (χ1) is 8.47. The van der Waals surface area contributed by atoms with E-state index in [2.05, 4.69) is 31.1 Å². The molecule has 0 radical (unpaired) electrons. The summed E-state index contributed by atoms with van der Waals surface area (Å²) < 4.78 is 7.06. The van der Waals surface area contributed by atoms with Crippen LogP contribution in [-0.2, 0) is 11.3 Å². The molecule has 5 nitrogen and oxygen atoms in total. The van der Waals surface area contributed by atoms with Gasteiger partial charge < -0.3 is 14.6 Å². The van der Waals surface area contributed by atoms with Gasteiger partial charge in [0.1, 0.15) is 0 Å². The second kappa shape index (κ2) is 7.03. The molecule has 18 heavy (non-hydrogen) atoms. The molecule has 1 aromatic rings. The number of carbonyl (C=O) groups excluding carboxylic acids is 1. The lowest BCUT2D eigenvalue weighted by atomic mass is 9.93. The van der Waals surface area contributed by atoms with Crippen molar-refractivity contribution in [2.75, 3.05) is 13.2 Å². The lowest BCUT2D eigenvalue weighted by Gasteiger charge is -2.17. The van der Waals surface area contributed by atoms with Crippen LogP contribution in [-0.4, -0.2) is 28.8 Å². The average molecular weight is 253 g/mol. The lowest BCUT2D eigenvalue weighted by Crippen LogP contribution is -2.27. The first kappa shape index (κ1) is 14.5. The second-order valence-electron chi connectivity index (χ2n) is 5.53. The summed E-state index contributed by atoms with van der Waals surface area (Å²) in [6.07, 6.45) is 6.82. The van der Waals surface area contributed by atoms with E-state index in [1.807, 2.05) is 10.8 Å². The zero-order valence-corrected chi connectivity index (χ0v) is 11.5. The van der Waals surface area contributed by atoms with Crippen LogP contribution in [0.1, 0.15) is 33.6 Å². The van der Waals surface area contributed by atoms with E-state index < -0.39 is 0 Å². The normalized spacial score (nSPS) is 11.3. The fourth-order valence-corrected chi connectivity index (χ4v) is 1.37. The molecule has 0 spiro atoms. The number of amides is 1. The summed E-state index contributed by atoms with van der Waals surface area (Å²) in [6.45, 7) is 8.31. The molecule has 1 heterocycles. The van der Waals surface area contributed by atoms with Crippen LogP contribution in [0.4, 0.5) is 4.79 Å². The van der Waals surface area contributed by atoms with Gasteiger partial charge >= 0.3 is 6.09 Å². The van der Waals surface area contributed by atoms with Crippen LogP contribution in [0.2, 0.25) is 0 Å². The standard InChI is InChI=1S/C13H23N3O2/c1-13(2,3)5-10-18-12(17)15-6-4-8-16-9-7-14-11-16/h7,9,11H,4-6,8,10H2,1-3H3,(H,15,17). The van der Waals surface area contributed by atoms with Gasteiger partial charge in [0.25, 0.3) is 0 Å². The Morgan fingerprint density at radius 1 is 1.44 bits per heavy atom. The Balaban J connectivity index is 2.00. The van der Waals surface area contributed by atoms with Crippen molar-refractivity contribution in [3.63, 3.8) is 0 Å². The van der Waals surface area contributed by atoms with Gasteiger partial charge in [0.05, 0.1) is 12.9 Å². The summed E-state index contributed by atoms with van der Waals surface area (Å²) >= 11 is 0. The molecule has 1 N–H and O–H groups in total. The van der Waals surface area contributed by atoms with Gasteiger partial charge in [-0.15, -0.1) is 0 Å². The van der Waals surface area contributed by atoms with Crippen molar-refractivity contribution in [2.45, 2.75) is 40.2 Å². The van der Waals surface area contributed by atoms with E-state index in [1.54, 1.807) is 12.5 Å². The Hall–Kier alpha value is -1.52. The van der Waals surface area contributed by atoms with E-state index >= 15 is 0 Å². The van der Waals surface area contributed by atoms with Gasteiger partial charge in [0.15, 0.2) is 0 Å². The Morgan fingerprint density at radius 3 is 2.83 bits per heavy atom. The number of nitrogens with one attached hydrogen (secondary N) is 1. The highest BCUT2D eigenvalue weighted by molar-refractivity contribution is 5.66. The number of carbonyl (C=O) groups is 1. The first-order valence-electron chi connectivity index (χ1n) is 6.34. The van der Waals surface area contributed by atoms with Crippen molar-refractivity contribution in [1.82, 2.24) is 14.9 Å². The third-order valence-electron chi connectivity index (χ3n) is 2.51. The summed E-state index contributed by atoms with van der Waals surface area (Å²) in [7, 11) is 0. The zero-order valence-electron chi connectivity index (χ0n) is 11.5. The van der Waals surface area contributed by atoms with Gasteiger partial charge in [-0.2, -0.15) is 0 Å². The maximum absolute atomic E-state index is 11.3. The number of alkyl carbamates (subject to hydrolysis) is 1. The minimum atomic E-state index is -0.329. The summed E-state index contributed by atoms with van der Waals surface area (Å²) in [4.78, 5) is 15.3. The van der Waals surface area contributed by atoms with E-state index in [0.717, 1.165) is 19.4 Å². The minimum absolute atomic E-state index is 0.196. The Kier molecular flexibility index (Phi) is 5.68. The maximum atomic E-state index is 11.3. The van der Waals surface area contributed by atoms with Gasteiger partial charge in [0, 0.05) is 25.5 Å². The molecule has 0 bridgehead atoms. The number of aromatic nitrogens is 2. The van der Waals surface area contributed by atoms with Crippen molar-refractivity contribution < 1.29 is 9.53 Å². The number of nitrogens with zero attached hydrogens (tertiary/aromatic N) is 2. The molecule has 0 atom stereocenters. The average Bonchev–Trinajstić information content (AvgIpc) is 2.75. The number of hydrogen-bond acceptors (Lipinski definition) is 3. The number of imidazole rings is 1. The topological polar surface area (TPSA) is 56.1 Å². The van der Waals surface area contributed by atoms with E-state index in [4.69, 9.17) is 4.74 Å². The van der Waals surface area contributed by atoms with Crippen molar-refractivity contribution >= 4 is 6.09 Å². The molecule has 1 aromatic heterocycles. The molecule has 0 aliphatic carbocycles. The van der Waals surface area contributed by atoms with E-state index in [0.29, 0.717) is 13.2 Å². The third-order valence-corrected chi connectivity index (χ3v) is 2.51. The van der Waals surface area contributed by atoms with Crippen molar-refractivity contribution in [3.05, 3.63) is 18.7 Å². The monoisotopic (exact) mass is 253 g/mol. The smallest absolute Gasteiger partial charge is 0.407 e. The van der Waals surface area contributed by atoms with Crippen LogP contribution < -0.4 is 5.32 Å². The van der Waals surface area contributed by atoms with Crippen LogP contribution in [0, 0.1) is 5.41 Å². The van der Waals surface area contributed by atoms with Gasteiger partial charge in [-0.1, -0.05) is 20.8 Å². The summed E-state index contributed by atoms with van der Waals surface area (Å²) in [5.41, 5.74) is 0.196. The van der Waals surface area contributed by atoms with Crippen molar-refractivity contribution in [2.24, 2.45) is 5.41 Å². The predicted octanol–water partition coefficient (Wildman–Crippen LogP) is 2.44. The molecule has 0 aliphatic heterocycles. The van der Waals surface area contributed by atoms with E-state index in [9.17, 15) is 4.79 Å². The number of aryl methyl sites for hydroxylation is 1. The third kappa shape index (κ3) is 6.93. The van der Waals surface area contributed by atoms with Gasteiger partial charge in [0.2, 0.25) is 0 Å². The highest BCUT2D eigenvalue weighted by Gasteiger charge is 2.11. The molecular weight excluding hydrogens is 230 g/mol. The molecule has 0 aromatic carbocycles. The molecule has 1 rings (SSSR count). The number of ether oxygens (including phenoxy) is 1. The van der Waals surface area contributed by atoms with E-state index in [-0.39, 0.29) is 11.5 Å². The first-order valence-corrected chi connectivity index (χ1v) is 6.34. The van der Waals surface area contributed by atoms with E-state index in [1.165, 1.54) is 0 Å². The minimum Gasteiger partial charge on any atom is -0.450 e. The molecule has 0 fully saturated rings. The summed E-state index contributed by atoms with van der Waals surface area (Å²) in [5.74, 6) is 0. The predicted molar refractivity (Wildman–Crippen MR) is 70.3 cm³/mol. The summed E-state index contributed by atoms with van der Waals surface area (Å²) in [5, 5.41) is 2.74. The lowest BCUT2D eigenvalue weighted by molar-refractivity contribution is 0.131. The van der Waals surface area contributed by atoms with Crippen LogP contribution in [0.15, 0.2) is 18.7 Å². The van der Waals surface area contributed by atoms with Crippen LogP contribution in [0.5, 0.6) is 0 Å². The van der Waals surface area contributed by atoms with Crippen LogP contribution >= 0.6 is 0 Å². The quantitative estimate of drug-likeness (QED) is 0.792. The fourth-order valence-electron chi connectivity index (χ4n) is 1.37. The largest absolute Gasteiger partial charge is 0.450 e. The van der Waals surface area contributed by atoms with Crippen LogP contribution in [0.25, 0.3) is 0 Å². The Morgan fingerprint density at radius 2 is 2.22 bits per heavy atom. The molecule has 5 heteroatoms.